The number of carbonyl (C=O) groups excluding carboxylic acids is 1. The van der Waals surface area contributed by atoms with E-state index in [4.69, 9.17) is 5.11 Å². The first-order chi connectivity index (χ1) is 10.5. The van der Waals surface area contributed by atoms with Crippen molar-refractivity contribution in [3.05, 3.63) is 51.2 Å². The SMILES string of the molecule is CCCc1cc(C(=O)Nc2ccccc2CC(=O)O)sc1C. The molecule has 0 fully saturated rings. The summed E-state index contributed by atoms with van der Waals surface area (Å²) in [5.41, 5.74) is 2.36. The minimum atomic E-state index is -0.918. The van der Waals surface area contributed by atoms with Crippen molar-refractivity contribution in [2.75, 3.05) is 5.32 Å². The number of rotatable bonds is 6. The van der Waals surface area contributed by atoms with E-state index in [-0.39, 0.29) is 12.3 Å². The molecule has 1 amide bonds. The molecule has 4 nitrogen and oxygen atoms in total. The highest BCUT2D eigenvalue weighted by molar-refractivity contribution is 7.14. The van der Waals surface area contributed by atoms with Gasteiger partial charge in [0.2, 0.25) is 0 Å². The molecule has 0 aliphatic heterocycles. The molecule has 1 heterocycles. The molecule has 116 valence electrons. The number of nitrogens with one attached hydrogen (secondary N) is 1. The highest BCUT2D eigenvalue weighted by atomic mass is 32.1. The molecule has 0 saturated carbocycles. The largest absolute Gasteiger partial charge is 0.481 e. The molecular formula is C17H19NO3S. The van der Waals surface area contributed by atoms with Crippen molar-refractivity contribution in [1.29, 1.82) is 0 Å². The van der Waals surface area contributed by atoms with Crippen molar-refractivity contribution < 1.29 is 14.7 Å². The van der Waals surface area contributed by atoms with E-state index in [0.717, 1.165) is 17.7 Å². The van der Waals surface area contributed by atoms with Crippen molar-refractivity contribution in [2.45, 2.75) is 33.1 Å². The van der Waals surface area contributed by atoms with Gasteiger partial charge in [0, 0.05) is 10.6 Å². The van der Waals surface area contributed by atoms with Crippen LogP contribution in [0.5, 0.6) is 0 Å². The number of carboxylic acids is 1. The molecule has 2 N–H and O–H groups in total. The predicted octanol–water partition coefficient (Wildman–Crippen LogP) is 3.89. The second kappa shape index (κ2) is 7.22. The van der Waals surface area contributed by atoms with Crippen molar-refractivity contribution in [3.63, 3.8) is 0 Å². The van der Waals surface area contributed by atoms with E-state index in [9.17, 15) is 9.59 Å². The van der Waals surface area contributed by atoms with E-state index in [1.165, 1.54) is 16.9 Å². The van der Waals surface area contributed by atoms with Crippen LogP contribution in [0.4, 0.5) is 5.69 Å². The number of hydrogen-bond acceptors (Lipinski definition) is 3. The van der Waals surface area contributed by atoms with E-state index >= 15 is 0 Å². The van der Waals surface area contributed by atoms with Crippen molar-refractivity contribution in [2.24, 2.45) is 0 Å². The highest BCUT2D eigenvalue weighted by Crippen LogP contribution is 2.24. The number of benzene rings is 1. The van der Waals surface area contributed by atoms with E-state index in [0.29, 0.717) is 16.1 Å². The van der Waals surface area contributed by atoms with Gasteiger partial charge in [0.25, 0.3) is 5.91 Å². The van der Waals surface area contributed by atoms with Crippen molar-refractivity contribution in [1.82, 2.24) is 0 Å². The smallest absolute Gasteiger partial charge is 0.307 e. The summed E-state index contributed by atoms with van der Waals surface area (Å²) >= 11 is 1.47. The number of aryl methyl sites for hydroxylation is 2. The first-order valence-corrected chi connectivity index (χ1v) is 8.03. The van der Waals surface area contributed by atoms with Crippen LogP contribution in [0.15, 0.2) is 30.3 Å². The Balaban J connectivity index is 2.18. The summed E-state index contributed by atoms with van der Waals surface area (Å²) < 4.78 is 0. The van der Waals surface area contributed by atoms with Gasteiger partial charge < -0.3 is 10.4 Å². The van der Waals surface area contributed by atoms with Gasteiger partial charge in [-0.15, -0.1) is 11.3 Å². The number of carboxylic acid groups (broad SMARTS) is 1. The molecule has 1 aromatic heterocycles. The standard InChI is InChI=1S/C17H19NO3S/c1-3-6-12-9-15(22-11(12)2)17(21)18-14-8-5-4-7-13(14)10-16(19)20/h4-5,7-9H,3,6,10H2,1-2H3,(H,18,21)(H,19,20). The predicted molar refractivity (Wildman–Crippen MR) is 88.8 cm³/mol. The van der Waals surface area contributed by atoms with Gasteiger partial charge in [0.05, 0.1) is 11.3 Å². The fourth-order valence-corrected chi connectivity index (χ4v) is 3.26. The maximum atomic E-state index is 12.4. The van der Waals surface area contributed by atoms with Gasteiger partial charge in [0.15, 0.2) is 0 Å². The highest BCUT2D eigenvalue weighted by Gasteiger charge is 2.14. The lowest BCUT2D eigenvalue weighted by molar-refractivity contribution is -0.136. The van der Waals surface area contributed by atoms with Crippen LogP contribution >= 0.6 is 11.3 Å². The van der Waals surface area contributed by atoms with E-state index < -0.39 is 5.97 Å². The second-order valence-corrected chi connectivity index (χ2v) is 6.38. The number of hydrogen-bond donors (Lipinski definition) is 2. The molecule has 5 heteroatoms. The maximum absolute atomic E-state index is 12.4. The van der Waals surface area contributed by atoms with Gasteiger partial charge in [-0.1, -0.05) is 31.5 Å². The van der Waals surface area contributed by atoms with Crippen LogP contribution < -0.4 is 5.32 Å². The summed E-state index contributed by atoms with van der Waals surface area (Å²) in [6, 6.07) is 8.92. The molecule has 2 rings (SSSR count). The lowest BCUT2D eigenvalue weighted by atomic mass is 10.1. The summed E-state index contributed by atoms with van der Waals surface area (Å²) in [4.78, 5) is 25.1. The van der Waals surface area contributed by atoms with Gasteiger partial charge in [0.1, 0.15) is 0 Å². The Morgan fingerprint density at radius 1 is 1.23 bits per heavy atom. The number of anilines is 1. The van der Waals surface area contributed by atoms with E-state index in [2.05, 4.69) is 12.2 Å². The summed E-state index contributed by atoms with van der Waals surface area (Å²) in [5.74, 6) is -1.10. The molecule has 0 atom stereocenters. The van der Waals surface area contributed by atoms with Crippen LogP contribution in [0.3, 0.4) is 0 Å². The summed E-state index contributed by atoms with van der Waals surface area (Å²) in [6.07, 6.45) is 1.90. The quantitative estimate of drug-likeness (QED) is 0.849. The van der Waals surface area contributed by atoms with E-state index in [1.807, 2.05) is 13.0 Å². The third-order valence-electron chi connectivity index (χ3n) is 3.37. The second-order valence-electron chi connectivity index (χ2n) is 5.12. The van der Waals surface area contributed by atoms with Crippen LogP contribution in [-0.4, -0.2) is 17.0 Å². The number of amides is 1. The molecule has 0 unspecified atom stereocenters. The summed E-state index contributed by atoms with van der Waals surface area (Å²) in [5, 5.41) is 11.8. The Labute approximate surface area is 133 Å². The number of aliphatic carboxylic acids is 1. The molecule has 0 bridgehead atoms. The van der Waals surface area contributed by atoms with Crippen molar-refractivity contribution >= 4 is 28.9 Å². The Kier molecular flexibility index (Phi) is 5.33. The third kappa shape index (κ3) is 3.95. The minimum absolute atomic E-state index is 0.110. The van der Waals surface area contributed by atoms with E-state index in [1.54, 1.807) is 24.3 Å². The maximum Gasteiger partial charge on any atom is 0.307 e. The third-order valence-corrected chi connectivity index (χ3v) is 4.46. The Hall–Kier alpha value is -2.14. The Morgan fingerprint density at radius 3 is 2.64 bits per heavy atom. The fraction of sp³-hybridized carbons (Fsp3) is 0.294. The molecule has 22 heavy (non-hydrogen) atoms. The molecule has 0 aliphatic carbocycles. The number of para-hydroxylation sites is 1. The zero-order chi connectivity index (χ0) is 16.1. The molecule has 1 aromatic carbocycles. The lowest BCUT2D eigenvalue weighted by Gasteiger charge is -2.08. The van der Waals surface area contributed by atoms with Gasteiger partial charge in [-0.3, -0.25) is 9.59 Å². The molecule has 0 radical (unpaired) electrons. The molecular weight excluding hydrogens is 298 g/mol. The molecule has 0 saturated heterocycles. The van der Waals surface area contributed by atoms with Gasteiger partial charge in [-0.2, -0.15) is 0 Å². The monoisotopic (exact) mass is 317 g/mol. The normalized spacial score (nSPS) is 10.5. The van der Waals surface area contributed by atoms with Gasteiger partial charge in [-0.05, 0) is 36.6 Å². The first-order valence-electron chi connectivity index (χ1n) is 7.21. The first kappa shape index (κ1) is 16.2. The van der Waals surface area contributed by atoms with Crippen LogP contribution in [0.1, 0.15) is 39.0 Å². The van der Waals surface area contributed by atoms with Crippen LogP contribution in [0.25, 0.3) is 0 Å². The fourth-order valence-electron chi connectivity index (χ4n) is 2.29. The number of thiophene rings is 1. The average molecular weight is 317 g/mol. The minimum Gasteiger partial charge on any atom is -0.481 e. The van der Waals surface area contributed by atoms with Crippen molar-refractivity contribution in [3.8, 4) is 0 Å². The Morgan fingerprint density at radius 2 is 1.95 bits per heavy atom. The topological polar surface area (TPSA) is 66.4 Å². The van der Waals surface area contributed by atoms with Crippen LogP contribution in [-0.2, 0) is 17.6 Å². The van der Waals surface area contributed by atoms with Crippen LogP contribution in [0, 0.1) is 6.92 Å². The number of carbonyl (C=O) groups is 2. The zero-order valence-electron chi connectivity index (χ0n) is 12.7. The summed E-state index contributed by atoms with van der Waals surface area (Å²) in [6.45, 7) is 4.13. The lowest BCUT2D eigenvalue weighted by Crippen LogP contribution is -2.13. The average Bonchev–Trinajstić information content (AvgIpc) is 2.82. The summed E-state index contributed by atoms with van der Waals surface area (Å²) in [7, 11) is 0. The Bertz CT molecular complexity index is 691. The van der Waals surface area contributed by atoms with Crippen LogP contribution in [0.2, 0.25) is 0 Å². The molecule has 2 aromatic rings. The zero-order valence-corrected chi connectivity index (χ0v) is 13.5. The molecule has 0 spiro atoms. The molecule has 0 aliphatic rings. The van der Waals surface area contributed by atoms with Gasteiger partial charge >= 0.3 is 5.97 Å². The van der Waals surface area contributed by atoms with Gasteiger partial charge in [-0.25, -0.2) is 0 Å².